The molecule has 7 nitrogen and oxygen atoms in total. The van der Waals surface area contributed by atoms with Crippen molar-refractivity contribution >= 4 is 17.8 Å². The highest BCUT2D eigenvalue weighted by Gasteiger charge is 2.34. The van der Waals surface area contributed by atoms with E-state index in [0.29, 0.717) is 13.0 Å². The summed E-state index contributed by atoms with van der Waals surface area (Å²) in [5.41, 5.74) is 0.164. The normalized spacial score (nSPS) is 17.9. The lowest BCUT2D eigenvalue weighted by Gasteiger charge is -2.23. The van der Waals surface area contributed by atoms with E-state index >= 15 is 0 Å². The number of nitrogens with one attached hydrogen (secondary N) is 1. The van der Waals surface area contributed by atoms with Crippen molar-refractivity contribution in [2.45, 2.75) is 18.9 Å². The summed E-state index contributed by atoms with van der Waals surface area (Å²) in [5.74, 6) is -1.64. The van der Waals surface area contributed by atoms with Gasteiger partial charge in [0.05, 0.1) is 5.56 Å². The number of rotatable bonds is 3. The van der Waals surface area contributed by atoms with Crippen LogP contribution in [0.2, 0.25) is 0 Å². The molecule has 106 valence electrons. The van der Waals surface area contributed by atoms with Crippen LogP contribution in [0.4, 0.5) is 0 Å². The lowest BCUT2D eigenvalue weighted by molar-refractivity contribution is -0.124. The number of likely N-dealkylation sites (N-methyl/N-ethyl adjacent to an activating group) is 1. The Kier molecular flexibility index (Phi) is 3.97. The average molecular weight is 277 g/mol. The summed E-state index contributed by atoms with van der Waals surface area (Å²) < 4.78 is 0. The number of aromatic carboxylic acids is 1. The molecule has 0 radical (unpaired) electrons. The van der Waals surface area contributed by atoms with Crippen molar-refractivity contribution in [1.29, 1.82) is 0 Å². The van der Waals surface area contributed by atoms with Crippen molar-refractivity contribution in [3.63, 3.8) is 0 Å². The minimum Gasteiger partial charge on any atom is -0.477 e. The summed E-state index contributed by atoms with van der Waals surface area (Å²) in [4.78, 5) is 39.9. The Hall–Kier alpha value is -2.44. The number of hydrogen-bond acceptors (Lipinski definition) is 4. The van der Waals surface area contributed by atoms with E-state index < -0.39 is 12.0 Å². The van der Waals surface area contributed by atoms with E-state index in [2.05, 4.69) is 10.3 Å². The van der Waals surface area contributed by atoms with Crippen LogP contribution >= 0.6 is 0 Å². The first kappa shape index (κ1) is 14.0. The number of likely N-dealkylation sites (tertiary alicyclic amines) is 1. The molecule has 1 aromatic heterocycles. The predicted octanol–water partition coefficient (Wildman–Crippen LogP) is 0.130. The van der Waals surface area contributed by atoms with Crippen LogP contribution in [0.1, 0.15) is 33.7 Å². The largest absolute Gasteiger partial charge is 0.477 e. The van der Waals surface area contributed by atoms with Gasteiger partial charge in [-0.3, -0.25) is 9.59 Å². The molecule has 20 heavy (non-hydrogen) atoms. The number of nitrogens with zero attached hydrogens (tertiary/aromatic N) is 2. The van der Waals surface area contributed by atoms with Crippen LogP contribution in [-0.4, -0.2) is 52.4 Å². The predicted molar refractivity (Wildman–Crippen MR) is 69.3 cm³/mol. The maximum atomic E-state index is 12.3. The average Bonchev–Trinajstić information content (AvgIpc) is 2.95. The van der Waals surface area contributed by atoms with Gasteiger partial charge in [0.1, 0.15) is 11.7 Å². The van der Waals surface area contributed by atoms with Crippen molar-refractivity contribution in [2.24, 2.45) is 0 Å². The van der Waals surface area contributed by atoms with Crippen LogP contribution in [0.15, 0.2) is 18.3 Å². The van der Waals surface area contributed by atoms with E-state index in [-0.39, 0.29) is 23.1 Å². The SMILES string of the molecule is CNC(=O)[C@@H]1CCCN1C(=O)c1ccc(C(=O)O)nc1. The molecule has 1 aliphatic rings. The van der Waals surface area contributed by atoms with Crippen LogP contribution in [-0.2, 0) is 4.79 Å². The van der Waals surface area contributed by atoms with Gasteiger partial charge >= 0.3 is 5.97 Å². The van der Waals surface area contributed by atoms with Crippen molar-refractivity contribution in [2.75, 3.05) is 13.6 Å². The first-order valence-electron chi connectivity index (χ1n) is 6.26. The van der Waals surface area contributed by atoms with Crippen LogP contribution in [0.3, 0.4) is 0 Å². The number of amides is 2. The number of carboxylic acid groups (broad SMARTS) is 1. The maximum absolute atomic E-state index is 12.3. The van der Waals surface area contributed by atoms with E-state index in [4.69, 9.17) is 5.11 Å². The van der Waals surface area contributed by atoms with Gasteiger partial charge in [0, 0.05) is 19.8 Å². The molecule has 0 aliphatic carbocycles. The first-order chi connectivity index (χ1) is 9.54. The molecule has 1 saturated heterocycles. The molecule has 2 rings (SSSR count). The van der Waals surface area contributed by atoms with E-state index in [0.717, 1.165) is 6.42 Å². The van der Waals surface area contributed by atoms with Crippen molar-refractivity contribution in [3.05, 3.63) is 29.6 Å². The Morgan fingerprint density at radius 1 is 1.40 bits per heavy atom. The number of carboxylic acids is 1. The van der Waals surface area contributed by atoms with Gasteiger partial charge in [-0.1, -0.05) is 0 Å². The minimum absolute atomic E-state index is 0.120. The summed E-state index contributed by atoms with van der Waals surface area (Å²) in [5, 5.41) is 11.3. The Bertz CT molecular complexity index is 541. The number of carbonyl (C=O) groups excluding carboxylic acids is 2. The molecule has 0 aromatic carbocycles. The lowest BCUT2D eigenvalue weighted by atomic mass is 10.2. The minimum atomic E-state index is -1.14. The van der Waals surface area contributed by atoms with E-state index in [1.165, 1.54) is 30.3 Å². The monoisotopic (exact) mass is 277 g/mol. The highest BCUT2D eigenvalue weighted by molar-refractivity contribution is 5.98. The van der Waals surface area contributed by atoms with Gasteiger partial charge in [0.25, 0.3) is 5.91 Å². The van der Waals surface area contributed by atoms with Crippen LogP contribution < -0.4 is 5.32 Å². The van der Waals surface area contributed by atoms with Gasteiger partial charge in [-0.25, -0.2) is 9.78 Å². The zero-order valence-electron chi connectivity index (χ0n) is 11.0. The van der Waals surface area contributed by atoms with E-state index in [1.807, 2.05) is 0 Å². The second kappa shape index (κ2) is 5.68. The molecular formula is C13H15N3O4. The summed E-state index contributed by atoms with van der Waals surface area (Å²) in [6.07, 6.45) is 2.63. The fourth-order valence-corrected chi connectivity index (χ4v) is 2.26. The van der Waals surface area contributed by atoms with Gasteiger partial charge in [0.15, 0.2) is 0 Å². The Morgan fingerprint density at radius 3 is 2.70 bits per heavy atom. The fourth-order valence-electron chi connectivity index (χ4n) is 2.26. The molecule has 0 bridgehead atoms. The van der Waals surface area contributed by atoms with E-state index in [9.17, 15) is 14.4 Å². The van der Waals surface area contributed by atoms with Crippen molar-refractivity contribution in [3.8, 4) is 0 Å². The smallest absolute Gasteiger partial charge is 0.354 e. The maximum Gasteiger partial charge on any atom is 0.354 e. The highest BCUT2D eigenvalue weighted by Crippen LogP contribution is 2.20. The third-order valence-electron chi connectivity index (χ3n) is 3.29. The highest BCUT2D eigenvalue weighted by atomic mass is 16.4. The molecule has 1 aromatic rings. The molecule has 7 heteroatoms. The summed E-state index contributed by atoms with van der Waals surface area (Å²) in [7, 11) is 1.53. The Balaban J connectivity index is 2.18. The van der Waals surface area contributed by atoms with Crippen LogP contribution in [0, 0.1) is 0 Å². The number of hydrogen-bond donors (Lipinski definition) is 2. The summed E-state index contributed by atoms with van der Waals surface area (Å²) >= 11 is 0. The third-order valence-corrected chi connectivity index (χ3v) is 3.29. The van der Waals surface area contributed by atoms with Crippen LogP contribution in [0.25, 0.3) is 0 Å². The Labute approximate surface area is 115 Å². The second-order valence-electron chi connectivity index (χ2n) is 4.51. The molecular weight excluding hydrogens is 262 g/mol. The molecule has 2 N–H and O–H groups in total. The topological polar surface area (TPSA) is 99.6 Å². The van der Waals surface area contributed by atoms with Gasteiger partial charge in [0.2, 0.25) is 5.91 Å². The molecule has 2 amide bonds. The fraction of sp³-hybridized carbons (Fsp3) is 0.385. The zero-order valence-corrected chi connectivity index (χ0v) is 11.0. The first-order valence-corrected chi connectivity index (χ1v) is 6.26. The second-order valence-corrected chi connectivity index (χ2v) is 4.51. The third kappa shape index (κ3) is 2.61. The lowest BCUT2D eigenvalue weighted by Crippen LogP contribution is -2.44. The molecule has 1 fully saturated rings. The standard InChI is InChI=1S/C13H15N3O4/c1-14-11(17)10-3-2-6-16(10)12(18)8-4-5-9(13(19)20)15-7-8/h4-5,7,10H,2-3,6H2,1H3,(H,14,17)(H,19,20)/t10-/m0/s1. The van der Waals surface area contributed by atoms with Gasteiger partial charge < -0.3 is 15.3 Å². The molecule has 0 saturated carbocycles. The molecule has 0 unspecified atom stereocenters. The molecule has 1 atom stereocenters. The molecule has 0 spiro atoms. The van der Waals surface area contributed by atoms with Gasteiger partial charge in [-0.15, -0.1) is 0 Å². The quantitative estimate of drug-likeness (QED) is 0.818. The molecule has 2 heterocycles. The number of aromatic nitrogens is 1. The van der Waals surface area contributed by atoms with Gasteiger partial charge in [-0.2, -0.15) is 0 Å². The summed E-state index contributed by atoms with van der Waals surface area (Å²) in [6, 6.07) is 2.23. The summed E-state index contributed by atoms with van der Waals surface area (Å²) in [6.45, 7) is 0.512. The van der Waals surface area contributed by atoms with E-state index in [1.54, 1.807) is 0 Å². The molecule has 1 aliphatic heterocycles. The Morgan fingerprint density at radius 2 is 2.15 bits per heavy atom. The number of pyridine rings is 1. The van der Waals surface area contributed by atoms with Crippen molar-refractivity contribution in [1.82, 2.24) is 15.2 Å². The van der Waals surface area contributed by atoms with Gasteiger partial charge in [-0.05, 0) is 25.0 Å². The van der Waals surface area contributed by atoms with Crippen molar-refractivity contribution < 1.29 is 19.5 Å². The number of carbonyl (C=O) groups is 3. The van der Waals surface area contributed by atoms with Crippen LogP contribution in [0.5, 0.6) is 0 Å². The zero-order chi connectivity index (χ0) is 14.7.